The smallest absolute Gasteiger partial charge is 0.243 e. The van der Waals surface area contributed by atoms with Gasteiger partial charge in [-0.15, -0.1) is 0 Å². The van der Waals surface area contributed by atoms with E-state index in [-0.39, 0.29) is 31.5 Å². The molecule has 4 N–H and O–H groups in total. The van der Waals surface area contributed by atoms with Crippen LogP contribution in [0.2, 0.25) is 0 Å². The van der Waals surface area contributed by atoms with Crippen molar-refractivity contribution in [1.29, 1.82) is 0 Å². The molecule has 0 spiro atoms. The molecule has 7 heteroatoms. The Balaban J connectivity index is 2.02. The predicted octanol–water partition coefficient (Wildman–Crippen LogP) is -0.396. The Morgan fingerprint density at radius 2 is 2.33 bits per heavy atom. The molecule has 0 aliphatic carbocycles. The molecular weight excluding hydrogens is 274 g/mol. The van der Waals surface area contributed by atoms with Crippen LogP contribution in [-0.4, -0.2) is 42.7 Å². The van der Waals surface area contributed by atoms with Crippen molar-refractivity contribution in [2.45, 2.75) is 19.6 Å². The van der Waals surface area contributed by atoms with E-state index in [1.54, 1.807) is 18.2 Å². The van der Waals surface area contributed by atoms with Crippen LogP contribution in [0.25, 0.3) is 0 Å². The number of nitrogens with one attached hydrogen (secondary N) is 3. The predicted molar refractivity (Wildman–Crippen MR) is 77.0 cm³/mol. The van der Waals surface area contributed by atoms with E-state index in [0.29, 0.717) is 23.6 Å². The molecule has 1 heterocycles. The average molecular weight is 293 g/mol. The van der Waals surface area contributed by atoms with Gasteiger partial charge in [-0.25, -0.2) is 0 Å². The van der Waals surface area contributed by atoms with Crippen LogP contribution in [0.4, 0.5) is 5.69 Å². The van der Waals surface area contributed by atoms with Gasteiger partial charge in [0.1, 0.15) is 11.8 Å². The van der Waals surface area contributed by atoms with Crippen LogP contribution >= 0.6 is 0 Å². The van der Waals surface area contributed by atoms with Gasteiger partial charge in [-0.1, -0.05) is 0 Å². The molecule has 0 aromatic heterocycles. The van der Waals surface area contributed by atoms with Crippen LogP contribution in [0.15, 0.2) is 18.2 Å². The molecule has 2 amide bonds. The number of rotatable bonds is 5. The van der Waals surface area contributed by atoms with Crippen molar-refractivity contribution in [2.24, 2.45) is 0 Å². The maximum atomic E-state index is 12.1. The van der Waals surface area contributed by atoms with Crippen LogP contribution in [0, 0.1) is 0 Å². The van der Waals surface area contributed by atoms with E-state index in [2.05, 4.69) is 16.0 Å². The van der Waals surface area contributed by atoms with E-state index in [1.165, 1.54) is 0 Å². The second-order valence-electron chi connectivity index (χ2n) is 4.64. The molecule has 1 aromatic carbocycles. The fourth-order valence-electron chi connectivity index (χ4n) is 2.06. The normalized spacial score (nSPS) is 18.0. The van der Waals surface area contributed by atoms with Gasteiger partial charge in [-0.3, -0.25) is 14.9 Å². The molecule has 1 atom stereocenters. The molecule has 7 nitrogen and oxygen atoms in total. The first-order chi connectivity index (χ1) is 10.1. The number of hydrogen-bond donors (Lipinski definition) is 4. The minimum Gasteiger partial charge on any atom is -0.494 e. The summed E-state index contributed by atoms with van der Waals surface area (Å²) in [5, 5.41) is 17.6. The summed E-state index contributed by atoms with van der Waals surface area (Å²) in [6.45, 7) is 2.58. The summed E-state index contributed by atoms with van der Waals surface area (Å²) in [7, 11) is 0. The van der Waals surface area contributed by atoms with Gasteiger partial charge >= 0.3 is 0 Å². The Labute approximate surface area is 122 Å². The van der Waals surface area contributed by atoms with Gasteiger partial charge < -0.3 is 20.5 Å². The van der Waals surface area contributed by atoms with Crippen molar-refractivity contribution in [1.82, 2.24) is 10.6 Å². The van der Waals surface area contributed by atoms with E-state index in [4.69, 9.17) is 4.74 Å². The van der Waals surface area contributed by atoms with Crippen molar-refractivity contribution in [3.8, 4) is 5.75 Å². The standard InChI is InChI=1S/C14H19N3O4/c1-2-21-12-4-3-10(5-9(12)8-18)17-14(20)11-6-16-13(19)7-15-11/h3-5,11,15,18H,2,6-8H2,1H3,(H,16,19)(H,17,20). The molecule has 1 saturated heterocycles. The van der Waals surface area contributed by atoms with Gasteiger partial charge in [0.05, 0.1) is 19.8 Å². The zero-order valence-corrected chi connectivity index (χ0v) is 11.8. The van der Waals surface area contributed by atoms with Crippen LogP contribution in [0.1, 0.15) is 12.5 Å². The van der Waals surface area contributed by atoms with E-state index < -0.39 is 6.04 Å². The lowest BCUT2D eigenvalue weighted by Gasteiger charge is -2.23. The maximum Gasteiger partial charge on any atom is 0.243 e. The molecule has 0 radical (unpaired) electrons. The zero-order valence-electron chi connectivity index (χ0n) is 11.8. The van der Waals surface area contributed by atoms with Gasteiger partial charge in [0.15, 0.2) is 0 Å². The molecule has 1 aliphatic heterocycles. The number of hydrogen-bond acceptors (Lipinski definition) is 5. The van der Waals surface area contributed by atoms with E-state index in [0.717, 1.165) is 0 Å². The van der Waals surface area contributed by atoms with Crippen LogP contribution in [-0.2, 0) is 16.2 Å². The van der Waals surface area contributed by atoms with Gasteiger partial charge in [-0.05, 0) is 25.1 Å². The minimum atomic E-state index is -0.466. The quantitative estimate of drug-likeness (QED) is 0.592. The number of ether oxygens (including phenoxy) is 1. The maximum absolute atomic E-state index is 12.1. The molecule has 1 aliphatic rings. The van der Waals surface area contributed by atoms with E-state index in [9.17, 15) is 14.7 Å². The van der Waals surface area contributed by atoms with Crippen LogP contribution in [0.3, 0.4) is 0 Å². The Morgan fingerprint density at radius 3 is 2.95 bits per heavy atom. The highest BCUT2D eigenvalue weighted by Crippen LogP contribution is 2.23. The summed E-state index contributed by atoms with van der Waals surface area (Å²) in [5.74, 6) is 0.242. The Morgan fingerprint density at radius 1 is 1.52 bits per heavy atom. The number of carbonyl (C=O) groups excluding carboxylic acids is 2. The third-order valence-electron chi connectivity index (χ3n) is 3.13. The number of aliphatic hydroxyl groups is 1. The van der Waals surface area contributed by atoms with Crippen molar-refractivity contribution in [3.63, 3.8) is 0 Å². The number of amides is 2. The first kappa shape index (κ1) is 15.3. The summed E-state index contributed by atoms with van der Waals surface area (Å²) in [6, 6.07) is 4.63. The Bertz CT molecular complexity index is 523. The van der Waals surface area contributed by atoms with E-state index in [1.807, 2.05) is 6.92 Å². The fourth-order valence-corrected chi connectivity index (χ4v) is 2.06. The summed E-state index contributed by atoms with van der Waals surface area (Å²) in [6.07, 6.45) is 0. The second kappa shape index (κ2) is 7.05. The van der Waals surface area contributed by atoms with Crippen molar-refractivity contribution < 1.29 is 19.4 Å². The number of carbonyl (C=O) groups is 2. The minimum absolute atomic E-state index is 0.123. The number of aliphatic hydroxyl groups excluding tert-OH is 1. The first-order valence-electron chi connectivity index (χ1n) is 6.81. The summed E-state index contributed by atoms with van der Waals surface area (Å²) in [5.41, 5.74) is 1.19. The largest absolute Gasteiger partial charge is 0.494 e. The summed E-state index contributed by atoms with van der Waals surface area (Å²) in [4.78, 5) is 23.1. The van der Waals surface area contributed by atoms with Gasteiger partial charge in [0, 0.05) is 17.8 Å². The highest BCUT2D eigenvalue weighted by atomic mass is 16.5. The lowest BCUT2D eigenvalue weighted by molar-refractivity contribution is -0.124. The third-order valence-corrected chi connectivity index (χ3v) is 3.13. The first-order valence-corrected chi connectivity index (χ1v) is 6.81. The topological polar surface area (TPSA) is 99.7 Å². The zero-order chi connectivity index (χ0) is 15.2. The molecule has 2 rings (SSSR count). The number of anilines is 1. The van der Waals surface area contributed by atoms with E-state index >= 15 is 0 Å². The van der Waals surface area contributed by atoms with Crippen molar-refractivity contribution >= 4 is 17.5 Å². The monoisotopic (exact) mass is 293 g/mol. The molecule has 0 saturated carbocycles. The molecular formula is C14H19N3O4. The molecule has 21 heavy (non-hydrogen) atoms. The molecule has 1 fully saturated rings. The lowest BCUT2D eigenvalue weighted by Crippen LogP contribution is -2.56. The van der Waals surface area contributed by atoms with Gasteiger partial charge in [0.2, 0.25) is 11.8 Å². The lowest BCUT2D eigenvalue weighted by atomic mass is 10.1. The SMILES string of the molecule is CCOc1ccc(NC(=O)C2CNC(=O)CN2)cc1CO. The molecule has 0 bridgehead atoms. The second-order valence-corrected chi connectivity index (χ2v) is 4.64. The number of benzene rings is 1. The highest BCUT2D eigenvalue weighted by Gasteiger charge is 2.23. The third kappa shape index (κ3) is 3.93. The van der Waals surface area contributed by atoms with Crippen molar-refractivity contribution in [3.05, 3.63) is 23.8 Å². The van der Waals surface area contributed by atoms with Gasteiger partial charge in [-0.2, -0.15) is 0 Å². The number of piperazine rings is 1. The molecule has 1 aromatic rings. The summed E-state index contributed by atoms with van der Waals surface area (Å²) < 4.78 is 5.38. The molecule has 114 valence electrons. The highest BCUT2D eigenvalue weighted by molar-refractivity contribution is 5.96. The van der Waals surface area contributed by atoms with Crippen LogP contribution < -0.4 is 20.7 Å². The Kier molecular flexibility index (Phi) is 5.13. The Hall–Kier alpha value is -2.12. The molecule has 1 unspecified atom stereocenters. The summed E-state index contributed by atoms with van der Waals surface area (Å²) >= 11 is 0. The van der Waals surface area contributed by atoms with Gasteiger partial charge in [0.25, 0.3) is 0 Å². The van der Waals surface area contributed by atoms with Crippen molar-refractivity contribution in [2.75, 3.05) is 25.0 Å². The van der Waals surface area contributed by atoms with Crippen LogP contribution in [0.5, 0.6) is 5.75 Å². The average Bonchev–Trinajstić information content (AvgIpc) is 2.49. The fraction of sp³-hybridized carbons (Fsp3) is 0.429.